The van der Waals surface area contributed by atoms with Crippen molar-refractivity contribution in [3.05, 3.63) is 35.9 Å². The van der Waals surface area contributed by atoms with Crippen molar-refractivity contribution in [2.75, 3.05) is 13.1 Å². The molecule has 1 aliphatic carbocycles. The van der Waals surface area contributed by atoms with E-state index < -0.39 is 59.0 Å². The highest BCUT2D eigenvalue weighted by Crippen LogP contribution is 2.34. The first kappa shape index (κ1) is 37.2. The number of amides is 5. The summed E-state index contributed by atoms with van der Waals surface area (Å²) in [4.78, 5) is 78.9. The van der Waals surface area contributed by atoms with Crippen molar-refractivity contribution in [1.29, 1.82) is 0 Å². The fraction of sp³-hybridized carbons (Fsp3) is 0.636. The van der Waals surface area contributed by atoms with Gasteiger partial charge in [0.25, 0.3) is 5.91 Å². The quantitative estimate of drug-likeness (QED) is 0.244. The number of nitrogens with zero attached hydrogens (tertiary/aromatic N) is 1. The molecule has 1 aromatic rings. The first-order valence-corrected chi connectivity index (χ1v) is 16.0. The molecule has 0 aromatic heterocycles. The third kappa shape index (κ3) is 12.2. The number of carbonyl (C=O) groups excluding carboxylic acids is 6. The number of ether oxygens (including phenoxy) is 1. The molecule has 3 unspecified atom stereocenters. The van der Waals surface area contributed by atoms with E-state index >= 15 is 0 Å². The molecular formula is C33H51N5O7. The maximum atomic E-state index is 13.6. The molecule has 12 nitrogen and oxygen atoms in total. The second kappa shape index (κ2) is 17.5. The monoisotopic (exact) mass is 629 g/mol. The maximum Gasteiger partial charge on any atom is 0.408 e. The van der Waals surface area contributed by atoms with Crippen LogP contribution in [0.2, 0.25) is 0 Å². The first-order valence-electron chi connectivity index (χ1n) is 16.0. The van der Waals surface area contributed by atoms with Crippen molar-refractivity contribution in [3.63, 3.8) is 0 Å². The van der Waals surface area contributed by atoms with Gasteiger partial charge in [0.1, 0.15) is 12.1 Å². The van der Waals surface area contributed by atoms with E-state index in [1.807, 2.05) is 44.2 Å². The summed E-state index contributed by atoms with van der Waals surface area (Å²) < 4.78 is 5.18. The van der Waals surface area contributed by atoms with E-state index in [0.29, 0.717) is 25.8 Å². The number of nitrogens with one attached hydrogen (secondary N) is 4. The number of Topliss-reactive ketones (excluding diaryl/α,β-unsaturated/α-hetero) is 1. The lowest BCUT2D eigenvalue weighted by Crippen LogP contribution is -2.59. The Morgan fingerprint density at radius 1 is 0.933 bits per heavy atom. The van der Waals surface area contributed by atoms with Crippen LogP contribution in [0.5, 0.6) is 0 Å². The Bertz CT molecular complexity index is 1180. The van der Waals surface area contributed by atoms with Crippen molar-refractivity contribution in [3.8, 4) is 0 Å². The average Bonchev–Trinajstić information content (AvgIpc) is 3.68. The topological polar surface area (TPSA) is 163 Å². The van der Waals surface area contributed by atoms with E-state index in [-0.39, 0.29) is 25.1 Å². The lowest BCUT2D eigenvalue weighted by molar-refractivity contribution is -0.144. The second-order valence-electron chi connectivity index (χ2n) is 12.6. The molecular weight excluding hydrogens is 578 g/mol. The Balaban J connectivity index is 0.00000345. The van der Waals surface area contributed by atoms with Crippen LogP contribution in [0, 0.1) is 11.3 Å². The lowest BCUT2D eigenvalue weighted by atomic mass is 9.85. The number of hydrogen-bond acceptors (Lipinski definition) is 7. The molecule has 1 saturated heterocycles. The number of alkyl carbamates (subject to hydrolysis) is 1. The van der Waals surface area contributed by atoms with Crippen LogP contribution < -0.4 is 21.3 Å². The number of hydrogen-bond donors (Lipinski definition) is 4. The Hall–Kier alpha value is -3.96. The highest BCUT2D eigenvalue weighted by Gasteiger charge is 2.43. The van der Waals surface area contributed by atoms with Crippen LogP contribution in [0.4, 0.5) is 4.79 Å². The zero-order valence-electron chi connectivity index (χ0n) is 27.7. The van der Waals surface area contributed by atoms with Gasteiger partial charge in [0.15, 0.2) is 0 Å². The van der Waals surface area contributed by atoms with E-state index in [1.54, 1.807) is 34.6 Å². The number of likely N-dealkylation sites (tertiary alicyclic amines) is 1. The standard InChI is InChI=1S/C31H45N5O7.C2H6/c1-19(2)43-30(42)35-26(31(3,4)5)29(41)36-15-9-12-23(36)27(39)34-22(16-20-13-14-20)25(38)28(40)33-18-24(37)32-17-21-10-7-6-8-11-21;1-2/h6-8,10-11,19-20,22-23,26H,9,12-18H2,1-5H3,(H,32,37)(H,33,40)(H,34,39)(H,35,42);1-2H3. The molecule has 12 heteroatoms. The Labute approximate surface area is 266 Å². The summed E-state index contributed by atoms with van der Waals surface area (Å²) in [6, 6.07) is 6.38. The molecule has 45 heavy (non-hydrogen) atoms. The van der Waals surface area contributed by atoms with Gasteiger partial charge in [-0.15, -0.1) is 0 Å². The minimum absolute atomic E-state index is 0.207. The van der Waals surface area contributed by atoms with Gasteiger partial charge in [-0.1, -0.05) is 77.8 Å². The number of ketones is 1. The van der Waals surface area contributed by atoms with Crippen LogP contribution in [0.25, 0.3) is 0 Å². The first-order chi connectivity index (χ1) is 21.3. The van der Waals surface area contributed by atoms with Gasteiger partial charge in [0, 0.05) is 13.1 Å². The molecule has 1 aromatic carbocycles. The Morgan fingerprint density at radius 3 is 2.16 bits per heavy atom. The smallest absolute Gasteiger partial charge is 0.408 e. The van der Waals surface area contributed by atoms with Crippen molar-refractivity contribution in [1.82, 2.24) is 26.2 Å². The molecule has 5 amide bonds. The predicted octanol–water partition coefficient (Wildman–Crippen LogP) is 2.84. The fourth-order valence-corrected chi connectivity index (χ4v) is 4.93. The molecule has 1 saturated carbocycles. The summed E-state index contributed by atoms with van der Waals surface area (Å²) in [6.07, 6.45) is 1.93. The minimum Gasteiger partial charge on any atom is -0.447 e. The molecule has 0 bridgehead atoms. The molecule has 1 heterocycles. The van der Waals surface area contributed by atoms with E-state index in [1.165, 1.54) is 4.90 Å². The van der Waals surface area contributed by atoms with Gasteiger partial charge < -0.3 is 30.9 Å². The molecule has 250 valence electrons. The number of benzene rings is 1. The summed E-state index contributed by atoms with van der Waals surface area (Å²) in [5.74, 6) is -2.99. The zero-order chi connectivity index (χ0) is 33.7. The molecule has 0 spiro atoms. The molecule has 3 atom stereocenters. The lowest BCUT2D eigenvalue weighted by Gasteiger charge is -2.35. The van der Waals surface area contributed by atoms with Gasteiger partial charge >= 0.3 is 6.09 Å². The third-order valence-electron chi connectivity index (χ3n) is 7.42. The van der Waals surface area contributed by atoms with Crippen molar-refractivity contribution >= 4 is 35.5 Å². The van der Waals surface area contributed by atoms with Crippen molar-refractivity contribution < 1.29 is 33.5 Å². The number of rotatable bonds is 13. The van der Waals surface area contributed by atoms with Crippen LogP contribution in [0.1, 0.15) is 86.1 Å². The molecule has 4 N–H and O–H groups in total. The predicted molar refractivity (Wildman–Crippen MR) is 170 cm³/mol. The molecule has 2 aliphatic rings. The van der Waals surface area contributed by atoms with Gasteiger partial charge in [-0.3, -0.25) is 24.0 Å². The van der Waals surface area contributed by atoms with Crippen LogP contribution >= 0.6 is 0 Å². The molecule has 0 radical (unpaired) electrons. The maximum absolute atomic E-state index is 13.6. The normalized spacial score (nSPS) is 17.2. The SMILES string of the molecule is CC.CC(C)OC(=O)NC(C(=O)N1CCCC1C(=O)NC(CC1CC1)C(=O)C(=O)NCC(=O)NCc1ccccc1)C(C)(C)C. The van der Waals surface area contributed by atoms with E-state index in [0.717, 1.165) is 18.4 Å². The van der Waals surface area contributed by atoms with Gasteiger partial charge in [0.2, 0.25) is 23.5 Å². The van der Waals surface area contributed by atoms with Gasteiger partial charge in [-0.25, -0.2) is 4.79 Å². The van der Waals surface area contributed by atoms with Gasteiger partial charge in [-0.05, 0) is 50.0 Å². The van der Waals surface area contributed by atoms with E-state index in [2.05, 4.69) is 21.3 Å². The van der Waals surface area contributed by atoms with E-state index in [4.69, 9.17) is 4.74 Å². The summed E-state index contributed by atoms with van der Waals surface area (Å²) >= 11 is 0. The Morgan fingerprint density at radius 2 is 1.58 bits per heavy atom. The van der Waals surface area contributed by atoms with Crippen LogP contribution in [0.15, 0.2) is 30.3 Å². The van der Waals surface area contributed by atoms with Gasteiger partial charge in [0.05, 0.1) is 18.7 Å². The zero-order valence-corrected chi connectivity index (χ0v) is 27.7. The average molecular weight is 630 g/mol. The summed E-state index contributed by atoms with van der Waals surface area (Å²) in [6.45, 7) is 13.0. The van der Waals surface area contributed by atoms with Crippen LogP contribution in [-0.2, 0) is 35.3 Å². The summed E-state index contributed by atoms with van der Waals surface area (Å²) in [7, 11) is 0. The molecule has 3 rings (SSSR count). The third-order valence-corrected chi connectivity index (χ3v) is 7.42. The van der Waals surface area contributed by atoms with Gasteiger partial charge in [-0.2, -0.15) is 0 Å². The highest BCUT2D eigenvalue weighted by atomic mass is 16.6. The minimum atomic E-state index is -1.08. The Kier molecular flexibility index (Phi) is 14.5. The summed E-state index contributed by atoms with van der Waals surface area (Å²) in [5, 5.41) is 10.4. The van der Waals surface area contributed by atoms with E-state index in [9.17, 15) is 28.8 Å². The van der Waals surface area contributed by atoms with Crippen molar-refractivity contribution in [2.24, 2.45) is 11.3 Å². The largest absolute Gasteiger partial charge is 0.447 e. The highest BCUT2D eigenvalue weighted by molar-refractivity contribution is 6.38. The fourth-order valence-electron chi connectivity index (χ4n) is 4.93. The van der Waals surface area contributed by atoms with Crippen LogP contribution in [0.3, 0.4) is 0 Å². The summed E-state index contributed by atoms with van der Waals surface area (Å²) in [5.41, 5.74) is 0.220. The molecule has 2 fully saturated rings. The number of carbonyl (C=O) groups is 6. The second-order valence-corrected chi connectivity index (χ2v) is 12.6. The van der Waals surface area contributed by atoms with Crippen LogP contribution in [-0.4, -0.2) is 77.7 Å². The van der Waals surface area contributed by atoms with Crippen molar-refractivity contribution in [2.45, 2.75) is 111 Å². The molecule has 1 aliphatic heterocycles.